The molecule has 2 aliphatic rings. The van der Waals surface area contributed by atoms with E-state index in [1.807, 2.05) is 19.3 Å². The smallest absolute Gasteiger partial charge is 0.256 e. The van der Waals surface area contributed by atoms with Crippen molar-refractivity contribution in [3.63, 3.8) is 0 Å². The predicted octanol–water partition coefficient (Wildman–Crippen LogP) is 1.91. The Balaban J connectivity index is 1.27. The zero-order valence-electron chi connectivity index (χ0n) is 21.3. The van der Waals surface area contributed by atoms with Crippen LogP contribution in [0.3, 0.4) is 0 Å². The summed E-state index contributed by atoms with van der Waals surface area (Å²) in [4.78, 5) is 15.6. The number of aliphatic hydroxyl groups is 1. The summed E-state index contributed by atoms with van der Waals surface area (Å²) in [5.41, 5.74) is 3.00. The maximum atomic E-state index is 12.5. The van der Waals surface area contributed by atoms with Gasteiger partial charge in [0.15, 0.2) is 5.82 Å². The Labute approximate surface area is 225 Å². The van der Waals surface area contributed by atoms with Gasteiger partial charge < -0.3 is 15.3 Å². The van der Waals surface area contributed by atoms with E-state index >= 15 is 0 Å². The van der Waals surface area contributed by atoms with Crippen molar-refractivity contribution in [3.05, 3.63) is 60.4 Å². The third-order valence-corrected chi connectivity index (χ3v) is 8.71. The van der Waals surface area contributed by atoms with Crippen molar-refractivity contribution in [3.8, 4) is 23.2 Å². The van der Waals surface area contributed by atoms with Crippen LogP contribution in [-0.2, 0) is 17.1 Å². The van der Waals surface area contributed by atoms with E-state index in [4.69, 9.17) is 0 Å². The Morgan fingerprint density at radius 2 is 1.82 bits per heavy atom. The summed E-state index contributed by atoms with van der Waals surface area (Å²) in [5, 5.41) is 21.1. The summed E-state index contributed by atoms with van der Waals surface area (Å²) in [6.07, 6.45) is 12.2. The van der Waals surface area contributed by atoms with Crippen LogP contribution < -0.4 is 10.2 Å². The highest BCUT2D eigenvalue weighted by molar-refractivity contribution is 7.90. The van der Waals surface area contributed by atoms with Gasteiger partial charge in [0.05, 0.1) is 52.3 Å². The average molecular weight is 546 g/mol. The number of anilines is 3. The SMILES string of the molecule is Cn1cc(C#Cc2cnc(Nc3ccnc(-c4cnn(S(=O)(=O)C5CC5)c4)n3)cc2N2CCC(O)CC2)cn1. The van der Waals surface area contributed by atoms with E-state index in [1.165, 1.54) is 12.4 Å². The summed E-state index contributed by atoms with van der Waals surface area (Å²) in [6.45, 7) is 1.41. The molecule has 0 bridgehead atoms. The molecule has 2 fully saturated rings. The minimum atomic E-state index is -3.47. The van der Waals surface area contributed by atoms with E-state index < -0.39 is 10.0 Å². The first-order valence-electron chi connectivity index (χ1n) is 12.7. The van der Waals surface area contributed by atoms with Crippen molar-refractivity contribution >= 4 is 27.3 Å². The fourth-order valence-electron chi connectivity index (χ4n) is 4.38. The molecule has 4 aromatic rings. The maximum Gasteiger partial charge on any atom is 0.256 e. The number of hydrogen-bond acceptors (Lipinski definition) is 10. The van der Waals surface area contributed by atoms with Gasteiger partial charge >= 0.3 is 0 Å². The van der Waals surface area contributed by atoms with Gasteiger partial charge in [-0.15, -0.1) is 0 Å². The van der Waals surface area contributed by atoms with Crippen molar-refractivity contribution < 1.29 is 13.5 Å². The van der Waals surface area contributed by atoms with Crippen LogP contribution in [0.2, 0.25) is 0 Å². The van der Waals surface area contributed by atoms with Gasteiger partial charge in [0.25, 0.3) is 10.0 Å². The highest BCUT2D eigenvalue weighted by atomic mass is 32.2. The molecule has 5 heterocycles. The minimum absolute atomic E-state index is 0.298. The zero-order valence-corrected chi connectivity index (χ0v) is 22.1. The number of piperidine rings is 1. The van der Waals surface area contributed by atoms with E-state index in [2.05, 4.69) is 47.2 Å². The van der Waals surface area contributed by atoms with Crippen LogP contribution >= 0.6 is 0 Å². The van der Waals surface area contributed by atoms with Crippen molar-refractivity contribution in [2.24, 2.45) is 7.05 Å². The molecule has 0 atom stereocenters. The fourth-order valence-corrected chi connectivity index (χ4v) is 5.86. The lowest BCUT2D eigenvalue weighted by Gasteiger charge is -2.32. The van der Waals surface area contributed by atoms with Crippen LogP contribution in [0.1, 0.15) is 36.8 Å². The van der Waals surface area contributed by atoms with Crippen molar-refractivity contribution in [1.82, 2.24) is 33.9 Å². The molecule has 0 aromatic carbocycles. The third kappa shape index (κ3) is 5.47. The molecule has 39 heavy (non-hydrogen) atoms. The van der Waals surface area contributed by atoms with Gasteiger partial charge in [0.1, 0.15) is 11.6 Å². The molecule has 200 valence electrons. The molecule has 0 unspecified atom stereocenters. The second-order valence-corrected chi connectivity index (χ2v) is 11.8. The summed E-state index contributed by atoms with van der Waals surface area (Å²) in [5.74, 6) is 7.78. The largest absolute Gasteiger partial charge is 0.393 e. The topological polar surface area (TPSA) is 144 Å². The molecular formula is C26H27N9O3S. The van der Waals surface area contributed by atoms with Gasteiger partial charge in [-0.3, -0.25) is 4.68 Å². The highest BCUT2D eigenvalue weighted by Gasteiger charge is 2.37. The van der Waals surface area contributed by atoms with E-state index in [9.17, 15) is 13.5 Å². The van der Waals surface area contributed by atoms with Gasteiger partial charge in [-0.1, -0.05) is 11.8 Å². The number of nitrogens with zero attached hydrogens (tertiary/aromatic N) is 8. The summed E-state index contributed by atoms with van der Waals surface area (Å²) in [7, 11) is -1.62. The Hall–Kier alpha value is -4.28. The van der Waals surface area contributed by atoms with E-state index in [-0.39, 0.29) is 11.4 Å². The van der Waals surface area contributed by atoms with Gasteiger partial charge in [-0.05, 0) is 31.7 Å². The second kappa shape index (κ2) is 10.1. The molecule has 12 nitrogen and oxygen atoms in total. The number of pyridine rings is 1. The molecule has 1 saturated carbocycles. The molecule has 13 heteroatoms. The quantitative estimate of drug-likeness (QED) is 0.345. The highest BCUT2D eigenvalue weighted by Crippen LogP contribution is 2.31. The van der Waals surface area contributed by atoms with Crippen LogP contribution in [0.4, 0.5) is 17.3 Å². The second-order valence-electron chi connectivity index (χ2n) is 9.69. The number of aliphatic hydroxyl groups excluding tert-OH is 1. The first-order valence-corrected chi connectivity index (χ1v) is 14.2. The Bertz CT molecular complexity index is 1670. The zero-order chi connectivity index (χ0) is 27.0. The first-order chi connectivity index (χ1) is 18.8. The molecule has 4 aromatic heterocycles. The lowest BCUT2D eigenvalue weighted by Crippen LogP contribution is -2.36. The van der Waals surface area contributed by atoms with Crippen molar-refractivity contribution in [2.75, 3.05) is 23.3 Å². The van der Waals surface area contributed by atoms with Crippen molar-refractivity contribution in [1.29, 1.82) is 0 Å². The first kappa shape index (κ1) is 25.0. The molecule has 2 N–H and O–H groups in total. The summed E-state index contributed by atoms with van der Waals surface area (Å²) >= 11 is 0. The number of aryl methyl sites for hydroxylation is 1. The van der Waals surface area contributed by atoms with Crippen LogP contribution in [0.5, 0.6) is 0 Å². The number of nitrogens with one attached hydrogen (secondary N) is 1. The number of aromatic nitrogens is 7. The Kier molecular flexibility index (Phi) is 6.49. The van der Waals surface area contributed by atoms with Crippen LogP contribution in [0.25, 0.3) is 11.4 Å². The predicted molar refractivity (Wildman–Crippen MR) is 145 cm³/mol. The Morgan fingerprint density at radius 1 is 1.00 bits per heavy atom. The standard InChI is InChI=1S/C26H27N9O3S/c1-33-16-18(13-29-33)2-3-19-14-28-25(12-23(19)34-10-7-21(36)8-11-34)31-24-6-9-27-26(32-24)20-15-30-35(17-20)39(37,38)22-4-5-22/h6,9,12-17,21-22,36H,4-5,7-8,10-11H2,1H3,(H,27,28,31,32). The third-order valence-electron chi connectivity index (χ3n) is 6.67. The molecule has 1 saturated heterocycles. The lowest BCUT2D eigenvalue weighted by molar-refractivity contribution is 0.145. The van der Waals surface area contributed by atoms with Crippen molar-refractivity contribution in [2.45, 2.75) is 37.0 Å². The molecule has 0 amide bonds. The van der Waals surface area contributed by atoms with Gasteiger partial charge in [0.2, 0.25) is 0 Å². The van der Waals surface area contributed by atoms with Crippen LogP contribution in [0.15, 0.2) is 49.3 Å². The van der Waals surface area contributed by atoms with E-state index in [0.29, 0.717) is 61.8 Å². The number of rotatable bonds is 6. The molecule has 1 aliphatic heterocycles. The number of hydrogen-bond donors (Lipinski definition) is 2. The van der Waals surface area contributed by atoms with E-state index in [0.717, 1.165) is 20.9 Å². The van der Waals surface area contributed by atoms with Gasteiger partial charge in [-0.2, -0.15) is 14.3 Å². The van der Waals surface area contributed by atoms with Gasteiger partial charge in [-0.25, -0.2) is 23.4 Å². The monoisotopic (exact) mass is 545 g/mol. The molecular weight excluding hydrogens is 518 g/mol. The maximum absolute atomic E-state index is 12.5. The molecule has 0 spiro atoms. The van der Waals surface area contributed by atoms with Gasteiger partial charge in [0, 0.05) is 44.8 Å². The fraction of sp³-hybridized carbons (Fsp3) is 0.346. The average Bonchev–Trinajstić information content (AvgIpc) is 3.53. The Morgan fingerprint density at radius 3 is 2.56 bits per heavy atom. The normalized spacial score (nSPS) is 16.1. The molecule has 1 aliphatic carbocycles. The summed E-state index contributed by atoms with van der Waals surface area (Å²) in [6, 6.07) is 3.64. The molecule has 6 rings (SSSR count). The van der Waals surface area contributed by atoms with E-state index in [1.54, 1.807) is 29.3 Å². The minimum Gasteiger partial charge on any atom is -0.393 e. The van der Waals surface area contributed by atoms with Crippen LogP contribution in [0, 0.1) is 11.8 Å². The summed E-state index contributed by atoms with van der Waals surface area (Å²) < 4.78 is 27.7. The lowest BCUT2D eigenvalue weighted by atomic mass is 10.1. The van der Waals surface area contributed by atoms with Crippen LogP contribution in [-0.4, -0.2) is 71.9 Å². The molecule has 0 radical (unpaired) electrons.